The molecule has 2 atom stereocenters. The first-order valence-corrected chi connectivity index (χ1v) is 13.4. The number of nitrogens with zero attached hydrogens (tertiary/aromatic N) is 4. The molecule has 0 saturated carbocycles. The molecule has 38 heavy (non-hydrogen) atoms. The van der Waals surface area contributed by atoms with E-state index in [1.54, 1.807) is 11.0 Å². The Morgan fingerprint density at radius 1 is 1.16 bits per heavy atom. The van der Waals surface area contributed by atoms with Crippen LogP contribution in [0.1, 0.15) is 16.8 Å². The summed E-state index contributed by atoms with van der Waals surface area (Å²) in [5.41, 5.74) is 0.993. The second-order valence-electron chi connectivity index (χ2n) is 9.55. The number of likely N-dealkylation sites (tertiary alicyclic amines) is 1. The van der Waals surface area contributed by atoms with Gasteiger partial charge < -0.3 is 25.2 Å². The average molecular weight is 538 g/mol. The molecule has 1 amide bonds. The van der Waals surface area contributed by atoms with E-state index in [1.165, 1.54) is 11.3 Å². The third-order valence-corrected chi connectivity index (χ3v) is 8.33. The predicted octanol–water partition coefficient (Wildman–Crippen LogP) is 1.15. The standard InChI is InChI=1S/C26H27N5O6S/c32-15-13-18(26(35)36)30(14-15)8-7-27-24(34)21-22(33)16-5-6-20(29-9-11-37-12-10-29)28-23(16)31-17-3-1-2-4-19(17)38-25(21)31/h1-6,15,18,32H,7-14H2,(H,27,34)(H,35,36)/t15-,18+/m1/s1. The second-order valence-corrected chi connectivity index (χ2v) is 10.6. The highest BCUT2D eigenvalue weighted by Crippen LogP contribution is 2.31. The van der Waals surface area contributed by atoms with Crippen LogP contribution in [0, 0.1) is 0 Å². The van der Waals surface area contributed by atoms with Crippen molar-refractivity contribution < 1.29 is 24.5 Å². The van der Waals surface area contributed by atoms with Crippen molar-refractivity contribution in [2.75, 3.05) is 50.8 Å². The SMILES string of the molecule is O=C(NCCN1C[C@H](O)C[C@H]1C(=O)O)c1c(=O)c2ccc(N3CCOCC3)nc2n2c1sc1ccccc12. The Hall–Kier alpha value is -3.58. The van der Waals surface area contributed by atoms with E-state index in [0.29, 0.717) is 42.2 Å². The van der Waals surface area contributed by atoms with Crippen molar-refractivity contribution in [2.45, 2.75) is 18.6 Å². The van der Waals surface area contributed by atoms with Crippen LogP contribution < -0.4 is 15.6 Å². The molecule has 0 unspecified atom stereocenters. The summed E-state index contributed by atoms with van der Waals surface area (Å²) in [4.78, 5) is 47.8. The Morgan fingerprint density at radius 3 is 2.74 bits per heavy atom. The number of pyridine rings is 2. The summed E-state index contributed by atoms with van der Waals surface area (Å²) < 4.78 is 8.26. The lowest BCUT2D eigenvalue weighted by Gasteiger charge is -2.28. The number of thiazole rings is 1. The fourth-order valence-electron chi connectivity index (χ4n) is 5.33. The highest BCUT2D eigenvalue weighted by atomic mass is 32.1. The molecule has 198 valence electrons. The Balaban J connectivity index is 1.38. The molecule has 0 bridgehead atoms. The van der Waals surface area contributed by atoms with Crippen LogP contribution in [-0.4, -0.2) is 94.5 Å². The van der Waals surface area contributed by atoms with E-state index in [2.05, 4.69) is 10.2 Å². The van der Waals surface area contributed by atoms with Crippen LogP contribution in [0.3, 0.4) is 0 Å². The van der Waals surface area contributed by atoms with E-state index < -0.39 is 29.5 Å². The van der Waals surface area contributed by atoms with E-state index in [9.17, 15) is 24.6 Å². The minimum absolute atomic E-state index is 0.0378. The van der Waals surface area contributed by atoms with E-state index in [-0.39, 0.29) is 31.6 Å². The maximum absolute atomic E-state index is 13.7. The number of carboxylic acids is 1. The number of aliphatic hydroxyl groups is 1. The largest absolute Gasteiger partial charge is 0.480 e. The average Bonchev–Trinajstić information content (AvgIpc) is 3.49. The van der Waals surface area contributed by atoms with Crippen molar-refractivity contribution >= 4 is 55.1 Å². The van der Waals surface area contributed by atoms with Gasteiger partial charge in [0.1, 0.15) is 22.3 Å². The zero-order valence-electron chi connectivity index (χ0n) is 20.5. The van der Waals surface area contributed by atoms with E-state index in [0.717, 1.165) is 16.0 Å². The molecular formula is C26H27N5O6S. The Kier molecular flexibility index (Phi) is 6.48. The van der Waals surface area contributed by atoms with Gasteiger partial charge in [0, 0.05) is 39.1 Å². The van der Waals surface area contributed by atoms with Gasteiger partial charge in [-0.15, -0.1) is 11.3 Å². The van der Waals surface area contributed by atoms with E-state index in [4.69, 9.17) is 9.72 Å². The van der Waals surface area contributed by atoms with Crippen LogP contribution in [-0.2, 0) is 9.53 Å². The third-order valence-electron chi connectivity index (χ3n) is 7.19. The zero-order valence-corrected chi connectivity index (χ0v) is 21.3. The lowest BCUT2D eigenvalue weighted by atomic mass is 10.1. The first-order valence-electron chi connectivity index (χ1n) is 12.5. The number of hydrogen-bond acceptors (Lipinski definition) is 9. The molecule has 0 spiro atoms. The smallest absolute Gasteiger partial charge is 0.321 e. The first kappa shape index (κ1) is 24.7. The highest BCUT2D eigenvalue weighted by Gasteiger charge is 2.35. The topological polar surface area (TPSA) is 137 Å². The van der Waals surface area contributed by atoms with Gasteiger partial charge in [0.05, 0.1) is 34.9 Å². The van der Waals surface area contributed by atoms with E-state index >= 15 is 0 Å². The molecule has 12 heteroatoms. The summed E-state index contributed by atoms with van der Waals surface area (Å²) in [6.07, 6.45) is -0.568. The number of ether oxygens (including phenoxy) is 1. The monoisotopic (exact) mass is 537 g/mol. The number of rotatable bonds is 6. The molecule has 6 rings (SSSR count). The minimum atomic E-state index is -1.00. The maximum Gasteiger partial charge on any atom is 0.321 e. The molecule has 5 heterocycles. The van der Waals surface area contributed by atoms with Gasteiger partial charge in [-0.2, -0.15) is 0 Å². The predicted molar refractivity (Wildman–Crippen MR) is 143 cm³/mol. The summed E-state index contributed by atoms with van der Waals surface area (Å²) in [6, 6.07) is 10.5. The quantitative estimate of drug-likeness (QED) is 0.331. The lowest BCUT2D eigenvalue weighted by Crippen LogP contribution is -2.42. The third kappa shape index (κ3) is 4.29. The summed E-state index contributed by atoms with van der Waals surface area (Å²) >= 11 is 1.36. The van der Waals surface area contributed by atoms with Crippen molar-refractivity contribution in [2.24, 2.45) is 0 Å². The van der Waals surface area contributed by atoms with Crippen molar-refractivity contribution in [3.05, 3.63) is 52.2 Å². The van der Waals surface area contributed by atoms with Gasteiger partial charge in [-0.05, 0) is 24.3 Å². The number of aromatic nitrogens is 2. The van der Waals surface area contributed by atoms with Gasteiger partial charge in [-0.3, -0.25) is 23.7 Å². The first-order chi connectivity index (χ1) is 18.4. The number of hydrogen-bond donors (Lipinski definition) is 3. The number of para-hydroxylation sites is 1. The number of carboxylic acid groups (broad SMARTS) is 1. The van der Waals surface area contributed by atoms with Gasteiger partial charge in [0.2, 0.25) is 5.43 Å². The molecule has 3 aromatic heterocycles. The molecule has 2 fully saturated rings. The molecule has 3 N–H and O–H groups in total. The van der Waals surface area contributed by atoms with Crippen molar-refractivity contribution in [3.8, 4) is 0 Å². The van der Waals surface area contributed by atoms with Crippen molar-refractivity contribution in [1.82, 2.24) is 19.6 Å². The summed E-state index contributed by atoms with van der Waals surface area (Å²) in [5, 5.41) is 22.4. The van der Waals surface area contributed by atoms with Crippen LogP contribution in [0.25, 0.3) is 26.1 Å². The fraction of sp³-hybridized carbons (Fsp3) is 0.385. The van der Waals surface area contributed by atoms with Gasteiger partial charge in [0.25, 0.3) is 5.91 Å². The number of aliphatic carboxylic acids is 1. The number of nitrogens with one attached hydrogen (secondary N) is 1. The number of benzene rings is 1. The summed E-state index contributed by atoms with van der Waals surface area (Å²) in [7, 11) is 0. The second kappa shape index (κ2) is 9.95. The van der Waals surface area contributed by atoms with Crippen molar-refractivity contribution in [3.63, 3.8) is 0 Å². The number of carbonyl (C=O) groups excluding carboxylic acids is 1. The number of carbonyl (C=O) groups is 2. The molecule has 2 saturated heterocycles. The minimum Gasteiger partial charge on any atom is -0.480 e. The Labute approximate surface area is 220 Å². The lowest BCUT2D eigenvalue weighted by molar-refractivity contribution is -0.142. The van der Waals surface area contributed by atoms with Crippen LogP contribution in [0.15, 0.2) is 41.2 Å². The molecule has 11 nitrogen and oxygen atoms in total. The van der Waals surface area contributed by atoms with Gasteiger partial charge in [-0.25, -0.2) is 4.98 Å². The number of anilines is 1. The van der Waals surface area contributed by atoms with Crippen LogP contribution >= 0.6 is 11.3 Å². The molecular weight excluding hydrogens is 510 g/mol. The van der Waals surface area contributed by atoms with E-state index in [1.807, 2.05) is 34.7 Å². The molecule has 2 aliphatic heterocycles. The number of morpholine rings is 1. The Morgan fingerprint density at radius 2 is 1.95 bits per heavy atom. The normalized spacial score (nSPS) is 20.5. The molecule has 0 aliphatic carbocycles. The van der Waals surface area contributed by atoms with Gasteiger partial charge >= 0.3 is 5.97 Å². The zero-order chi connectivity index (χ0) is 26.4. The van der Waals surface area contributed by atoms with Crippen molar-refractivity contribution in [1.29, 1.82) is 0 Å². The summed E-state index contributed by atoms with van der Waals surface area (Å²) in [5.74, 6) is -0.774. The number of fused-ring (bicyclic) bond motifs is 5. The van der Waals surface area contributed by atoms with Crippen LogP contribution in [0.4, 0.5) is 5.82 Å². The molecule has 1 aromatic carbocycles. The molecule has 4 aromatic rings. The Bertz CT molecular complexity index is 1610. The number of aliphatic hydroxyl groups excluding tert-OH is 1. The molecule has 2 aliphatic rings. The maximum atomic E-state index is 13.7. The van der Waals surface area contributed by atoms with Crippen LogP contribution in [0.2, 0.25) is 0 Å². The number of amides is 1. The van der Waals surface area contributed by atoms with Gasteiger partial charge in [-0.1, -0.05) is 12.1 Å². The number of β-amino-alcohol motifs (C(OH)–C–C–N with tert-alkyl or cyclic N) is 1. The molecule has 0 radical (unpaired) electrons. The van der Waals surface area contributed by atoms with Crippen LogP contribution in [0.5, 0.6) is 0 Å². The summed E-state index contributed by atoms with van der Waals surface area (Å²) in [6.45, 7) is 3.24. The highest BCUT2D eigenvalue weighted by molar-refractivity contribution is 7.24. The van der Waals surface area contributed by atoms with Gasteiger partial charge in [0.15, 0.2) is 5.65 Å². The fourth-order valence-corrected chi connectivity index (χ4v) is 6.51.